The first-order valence-electron chi connectivity index (χ1n) is 13.7. The standard InChI is InChI=1S/C32H28FN7O4/c1-31(30(34)42)17-44-28-23(31)14-25(40-27(28)18-5-7-21(33)8-6-18)32(2,43)16-36-29(41)20-12-19-4-3-10-35-26(19)24(13-20)39-22-9-11-37-38-15-22/h3-15,43H,16-17H2,1-2H3,(H2,34,42)(H,36,41)(H,37,39)/t31-,32-/m0/s1. The summed E-state index contributed by atoms with van der Waals surface area (Å²) in [6, 6.07) is 15.9. The van der Waals surface area contributed by atoms with Gasteiger partial charge in [0.05, 0.1) is 41.5 Å². The number of anilines is 2. The predicted molar refractivity (Wildman–Crippen MR) is 161 cm³/mol. The summed E-state index contributed by atoms with van der Waals surface area (Å²) in [5.41, 5.74) is 6.57. The number of hydrogen-bond donors (Lipinski definition) is 4. The summed E-state index contributed by atoms with van der Waals surface area (Å²) in [5.74, 6) is -1.16. The van der Waals surface area contributed by atoms with Crippen molar-refractivity contribution in [1.82, 2.24) is 25.5 Å². The molecule has 0 radical (unpaired) electrons. The first-order chi connectivity index (χ1) is 21.0. The second kappa shape index (κ2) is 11.0. The van der Waals surface area contributed by atoms with Crippen molar-refractivity contribution in [3.8, 4) is 17.0 Å². The third kappa shape index (κ3) is 5.26. The third-order valence-electron chi connectivity index (χ3n) is 7.71. The number of amides is 2. The maximum Gasteiger partial charge on any atom is 0.251 e. The molecular formula is C32H28FN7O4. The Morgan fingerprint density at radius 1 is 1.11 bits per heavy atom. The summed E-state index contributed by atoms with van der Waals surface area (Å²) < 4.78 is 19.6. The minimum Gasteiger partial charge on any atom is -0.489 e. The van der Waals surface area contributed by atoms with Crippen molar-refractivity contribution in [1.29, 1.82) is 0 Å². The van der Waals surface area contributed by atoms with E-state index in [0.717, 1.165) is 5.39 Å². The van der Waals surface area contributed by atoms with Gasteiger partial charge in [0.25, 0.3) is 5.91 Å². The summed E-state index contributed by atoms with van der Waals surface area (Å²) >= 11 is 0. The fourth-order valence-corrected chi connectivity index (χ4v) is 5.05. The molecule has 12 heteroatoms. The van der Waals surface area contributed by atoms with Gasteiger partial charge in [-0.25, -0.2) is 9.37 Å². The Hall–Kier alpha value is -5.49. The Kier molecular flexibility index (Phi) is 7.14. The number of fused-ring (bicyclic) bond motifs is 2. The van der Waals surface area contributed by atoms with Crippen LogP contribution in [0.4, 0.5) is 15.8 Å². The van der Waals surface area contributed by atoms with Gasteiger partial charge in [-0.3, -0.25) is 14.6 Å². The molecule has 11 nitrogen and oxygen atoms in total. The van der Waals surface area contributed by atoms with Gasteiger partial charge < -0.3 is 26.2 Å². The highest BCUT2D eigenvalue weighted by Gasteiger charge is 2.45. The molecular weight excluding hydrogens is 565 g/mol. The van der Waals surface area contributed by atoms with E-state index in [1.54, 1.807) is 55.8 Å². The van der Waals surface area contributed by atoms with Gasteiger partial charge in [0.1, 0.15) is 34.9 Å². The predicted octanol–water partition coefficient (Wildman–Crippen LogP) is 3.74. The summed E-state index contributed by atoms with van der Waals surface area (Å²) in [6.45, 7) is 2.91. The van der Waals surface area contributed by atoms with Crippen molar-refractivity contribution in [2.45, 2.75) is 24.9 Å². The molecule has 3 aromatic heterocycles. The Labute approximate surface area is 251 Å². The molecule has 5 aromatic rings. The Bertz CT molecular complexity index is 1900. The normalized spacial score (nSPS) is 16.9. The lowest BCUT2D eigenvalue weighted by atomic mass is 9.82. The van der Waals surface area contributed by atoms with E-state index in [9.17, 15) is 19.1 Å². The van der Waals surface area contributed by atoms with Crippen molar-refractivity contribution in [3.63, 3.8) is 0 Å². The monoisotopic (exact) mass is 593 g/mol. The second-order valence-electron chi connectivity index (χ2n) is 11.0. The fourth-order valence-electron chi connectivity index (χ4n) is 5.05. The Balaban J connectivity index is 1.32. The first kappa shape index (κ1) is 28.6. The van der Waals surface area contributed by atoms with E-state index >= 15 is 0 Å². The summed E-state index contributed by atoms with van der Waals surface area (Å²) in [6.07, 6.45) is 4.76. The Morgan fingerprint density at radius 2 is 1.91 bits per heavy atom. The fraction of sp³-hybridized carbons (Fsp3) is 0.188. The SMILES string of the molecule is C[C@](O)(CNC(=O)c1cc(Nc2ccnnc2)c2ncccc2c1)c1cc2c(c(-c3ccc(F)cc3)n1)OC[C@]2(C)C(N)=O. The molecule has 1 aliphatic heterocycles. The molecule has 2 aromatic carbocycles. The number of rotatable bonds is 8. The molecule has 5 N–H and O–H groups in total. The highest BCUT2D eigenvalue weighted by molar-refractivity contribution is 6.02. The number of hydrogen-bond acceptors (Lipinski definition) is 9. The number of benzene rings is 2. The Morgan fingerprint density at radius 3 is 2.64 bits per heavy atom. The molecule has 6 rings (SSSR count). The molecule has 44 heavy (non-hydrogen) atoms. The van der Waals surface area contributed by atoms with Gasteiger partial charge in [0.15, 0.2) is 0 Å². The van der Waals surface area contributed by atoms with E-state index < -0.39 is 28.6 Å². The molecule has 0 bridgehead atoms. The van der Waals surface area contributed by atoms with Gasteiger partial charge in [0.2, 0.25) is 5.91 Å². The number of aromatic nitrogens is 4. The van der Waals surface area contributed by atoms with Crippen LogP contribution in [0.15, 0.2) is 79.3 Å². The van der Waals surface area contributed by atoms with Gasteiger partial charge in [0, 0.05) is 28.3 Å². The zero-order chi connectivity index (χ0) is 31.1. The highest BCUT2D eigenvalue weighted by atomic mass is 19.1. The van der Waals surface area contributed by atoms with Crippen LogP contribution < -0.4 is 21.1 Å². The maximum atomic E-state index is 13.7. The van der Waals surface area contributed by atoms with Crippen LogP contribution in [0.2, 0.25) is 0 Å². The number of carbonyl (C=O) groups excluding carboxylic acids is 2. The average molecular weight is 594 g/mol. The van der Waals surface area contributed by atoms with E-state index in [-0.39, 0.29) is 18.8 Å². The minimum absolute atomic E-state index is 0.0153. The van der Waals surface area contributed by atoms with Crippen LogP contribution in [0, 0.1) is 5.82 Å². The summed E-state index contributed by atoms with van der Waals surface area (Å²) in [7, 11) is 0. The molecule has 4 heterocycles. The van der Waals surface area contributed by atoms with Crippen molar-refractivity contribution >= 4 is 34.1 Å². The molecule has 0 unspecified atom stereocenters. The number of halogens is 1. The van der Waals surface area contributed by atoms with E-state index in [1.807, 2.05) is 6.07 Å². The molecule has 1 aliphatic rings. The van der Waals surface area contributed by atoms with Crippen LogP contribution in [-0.2, 0) is 15.8 Å². The quantitative estimate of drug-likeness (QED) is 0.210. The zero-order valence-electron chi connectivity index (χ0n) is 23.8. The van der Waals surface area contributed by atoms with Crippen LogP contribution in [0.5, 0.6) is 5.75 Å². The second-order valence-corrected chi connectivity index (χ2v) is 11.0. The lowest BCUT2D eigenvalue weighted by Gasteiger charge is -2.26. The molecule has 2 amide bonds. The average Bonchev–Trinajstić information content (AvgIpc) is 3.38. The number of carbonyl (C=O) groups is 2. The summed E-state index contributed by atoms with van der Waals surface area (Å²) in [5, 5.41) is 26.0. The van der Waals surface area contributed by atoms with Crippen LogP contribution in [0.25, 0.3) is 22.2 Å². The van der Waals surface area contributed by atoms with Gasteiger partial charge in [-0.1, -0.05) is 6.07 Å². The van der Waals surface area contributed by atoms with Crippen molar-refractivity contribution < 1.29 is 23.8 Å². The highest BCUT2D eigenvalue weighted by Crippen LogP contribution is 2.45. The molecule has 2 atom stereocenters. The van der Waals surface area contributed by atoms with Gasteiger partial charge >= 0.3 is 0 Å². The topological polar surface area (TPSA) is 165 Å². The molecule has 0 saturated heterocycles. The van der Waals surface area contributed by atoms with Crippen LogP contribution >= 0.6 is 0 Å². The number of nitrogens with two attached hydrogens (primary N) is 1. The number of ether oxygens (including phenoxy) is 1. The number of primary amides is 1. The van der Waals surface area contributed by atoms with Crippen LogP contribution in [0.1, 0.15) is 35.5 Å². The summed E-state index contributed by atoms with van der Waals surface area (Å²) in [4.78, 5) is 35.0. The number of nitrogens with zero attached hydrogens (tertiary/aromatic N) is 4. The zero-order valence-corrected chi connectivity index (χ0v) is 23.8. The molecule has 222 valence electrons. The van der Waals surface area contributed by atoms with Gasteiger partial charge in [-0.2, -0.15) is 10.2 Å². The van der Waals surface area contributed by atoms with E-state index in [1.165, 1.54) is 31.2 Å². The van der Waals surface area contributed by atoms with Gasteiger partial charge in [-0.15, -0.1) is 0 Å². The lowest BCUT2D eigenvalue weighted by molar-refractivity contribution is -0.123. The number of aliphatic hydroxyl groups is 1. The van der Waals surface area contributed by atoms with E-state index in [0.29, 0.717) is 45.0 Å². The first-order valence-corrected chi connectivity index (χ1v) is 13.7. The van der Waals surface area contributed by atoms with Crippen molar-refractivity contribution in [2.75, 3.05) is 18.5 Å². The van der Waals surface area contributed by atoms with E-state index in [2.05, 4.69) is 30.8 Å². The number of pyridine rings is 2. The van der Waals surface area contributed by atoms with Crippen molar-refractivity contribution in [2.24, 2.45) is 5.73 Å². The molecule has 0 fully saturated rings. The van der Waals surface area contributed by atoms with Gasteiger partial charge in [-0.05, 0) is 68.4 Å². The van der Waals surface area contributed by atoms with Crippen LogP contribution in [-0.4, -0.2) is 50.2 Å². The molecule has 0 aliphatic carbocycles. The smallest absolute Gasteiger partial charge is 0.251 e. The molecule has 0 saturated carbocycles. The van der Waals surface area contributed by atoms with E-state index in [4.69, 9.17) is 10.5 Å². The largest absolute Gasteiger partial charge is 0.489 e. The third-order valence-corrected chi connectivity index (χ3v) is 7.71. The number of nitrogens with one attached hydrogen (secondary N) is 2. The van der Waals surface area contributed by atoms with Crippen LogP contribution in [0.3, 0.4) is 0 Å². The molecule has 0 spiro atoms. The lowest BCUT2D eigenvalue weighted by Crippen LogP contribution is -2.41. The van der Waals surface area contributed by atoms with Crippen molar-refractivity contribution in [3.05, 3.63) is 102 Å². The minimum atomic E-state index is -1.69. The maximum absolute atomic E-state index is 13.7.